The second-order valence-corrected chi connectivity index (χ2v) is 5.59. The molecule has 20 heavy (non-hydrogen) atoms. The summed E-state index contributed by atoms with van der Waals surface area (Å²) in [6.45, 7) is 0. The van der Waals surface area contributed by atoms with Gasteiger partial charge in [-0.1, -0.05) is 42.8 Å². The van der Waals surface area contributed by atoms with Gasteiger partial charge >= 0.3 is 0 Å². The summed E-state index contributed by atoms with van der Waals surface area (Å²) in [6.07, 6.45) is 4.32. The van der Waals surface area contributed by atoms with Crippen molar-refractivity contribution in [2.24, 2.45) is 0 Å². The van der Waals surface area contributed by atoms with Crippen LogP contribution in [0.25, 0.3) is 0 Å². The zero-order valence-electron chi connectivity index (χ0n) is 11.5. The Labute approximate surface area is 119 Å². The number of hydrogen-bond donors (Lipinski definition) is 1. The van der Waals surface area contributed by atoms with Crippen molar-refractivity contribution < 1.29 is 4.79 Å². The van der Waals surface area contributed by atoms with Gasteiger partial charge in [0.05, 0.1) is 0 Å². The van der Waals surface area contributed by atoms with Gasteiger partial charge in [0.2, 0.25) is 0 Å². The predicted octanol–water partition coefficient (Wildman–Crippen LogP) is 3.96. The van der Waals surface area contributed by atoms with E-state index < -0.39 is 0 Å². The van der Waals surface area contributed by atoms with Crippen molar-refractivity contribution in [3.05, 3.63) is 65.2 Å². The average molecular weight is 265 g/mol. The number of anilines is 1. The highest BCUT2D eigenvalue weighted by molar-refractivity contribution is 5.97. The number of ketones is 1. The second-order valence-electron chi connectivity index (χ2n) is 5.59. The highest BCUT2D eigenvalue weighted by Gasteiger charge is 2.19. The number of carbonyl (C=O) groups excluding carboxylic acids is 1. The molecule has 1 aliphatic carbocycles. The van der Waals surface area contributed by atoms with Gasteiger partial charge in [0.1, 0.15) is 0 Å². The standard InChI is InChI=1S/C18H19NO/c19-17-6-1-3-13(11-17)12-18(20)16-9-7-15(8-10-16)14-4-2-5-14/h1,3,6-11,14H,2,4-5,12,19H2. The molecule has 0 bridgehead atoms. The molecule has 2 aromatic carbocycles. The van der Waals surface area contributed by atoms with Gasteiger partial charge < -0.3 is 5.73 Å². The fourth-order valence-corrected chi connectivity index (χ4v) is 2.67. The van der Waals surface area contributed by atoms with E-state index >= 15 is 0 Å². The number of carbonyl (C=O) groups is 1. The Morgan fingerprint density at radius 2 is 1.85 bits per heavy atom. The number of nitrogen functional groups attached to an aromatic ring is 1. The quantitative estimate of drug-likeness (QED) is 0.671. The summed E-state index contributed by atoms with van der Waals surface area (Å²) < 4.78 is 0. The first-order valence-corrected chi connectivity index (χ1v) is 7.20. The normalized spacial score (nSPS) is 14.8. The molecule has 0 unspecified atom stereocenters. The molecule has 102 valence electrons. The summed E-state index contributed by atoms with van der Waals surface area (Å²) >= 11 is 0. The molecule has 1 fully saturated rings. The molecule has 0 radical (unpaired) electrons. The van der Waals surface area contributed by atoms with Crippen molar-refractivity contribution >= 4 is 11.5 Å². The fourth-order valence-electron chi connectivity index (χ4n) is 2.67. The minimum Gasteiger partial charge on any atom is -0.399 e. The number of rotatable bonds is 4. The van der Waals surface area contributed by atoms with Gasteiger partial charge in [0.15, 0.2) is 5.78 Å². The molecule has 0 aliphatic heterocycles. The van der Waals surface area contributed by atoms with Crippen molar-refractivity contribution in [2.45, 2.75) is 31.6 Å². The van der Waals surface area contributed by atoms with Crippen LogP contribution in [0.3, 0.4) is 0 Å². The molecule has 0 spiro atoms. The van der Waals surface area contributed by atoms with E-state index in [0.717, 1.165) is 11.1 Å². The Kier molecular flexibility index (Phi) is 3.55. The monoisotopic (exact) mass is 265 g/mol. The maximum absolute atomic E-state index is 12.2. The molecule has 0 heterocycles. The van der Waals surface area contributed by atoms with E-state index in [-0.39, 0.29) is 5.78 Å². The molecule has 3 rings (SSSR count). The van der Waals surface area contributed by atoms with Crippen LogP contribution in [-0.4, -0.2) is 5.78 Å². The third kappa shape index (κ3) is 2.74. The van der Waals surface area contributed by atoms with E-state index in [4.69, 9.17) is 5.73 Å². The van der Waals surface area contributed by atoms with Crippen LogP contribution in [0.15, 0.2) is 48.5 Å². The topological polar surface area (TPSA) is 43.1 Å². The van der Waals surface area contributed by atoms with Crippen LogP contribution in [0.5, 0.6) is 0 Å². The minimum atomic E-state index is 0.149. The number of Topliss-reactive ketones (excluding diaryl/α,β-unsaturated/α-hetero) is 1. The lowest BCUT2D eigenvalue weighted by molar-refractivity contribution is 0.0993. The molecule has 2 N–H and O–H groups in total. The first kappa shape index (κ1) is 12.9. The third-order valence-corrected chi connectivity index (χ3v) is 4.12. The molecule has 0 atom stereocenters. The first-order chi connectivity index (χ1) is 9.72. The number of benzene rings is 2. The smallest absolute Gasteiger partial charge is 0.167 e. The van der Waals surface area contributed by atoms with E-state index in [0.29, 0.717) is 18.0 Å². The SMILES string of the molecule is Nc1cccc(CC(=O)c2ccc(C3CCC3)cc2)c1. The molecule has 2 aromatic rings. The lowest BCUT2D eigenvalue weighted by atomic mass is 9.80. The highest BCUT2D eigenvalue weighted by atomic mass is 16.1. The summed E-state index contributed by atoms with van der Waals surface area (Å²) in [5.74, 6) is 0.865. The van der Waals surface area contributed by atoms with E-state index in [1.54, 1.807) is 0 Å². The van der Waals surface area contributed by atoms with Gasteiger partial charge in [-0.25, -0.2) is 0 Å². The molecule has 2 nitrogen and oxygen atoms in total. The van der Waals surface area contributed by atoms with Crippen molar-refractivity contribution in [1.82, 2.24) is 0 Å². The number of hydrogen-bond acceptors (Lipinski definition) is 2. The largest absolute Gasteiger partial charge is 0.399 e. The van der Waals surface area contributed by atoms with Crippen molar-refractivity contribution in [3.63, 3.8) is 0 Å². The lowest BCUT2D eigenvalue weighted by Gasteiger charge is -2.25. The first-order valence-electron chi connectivity index (χ1n) is 7.20. The van der Waals surface area contributed by atoms with Gasteiger partial charge in [0.25, 0.3) is 0 Å². The molecular weight excluding hydrogens is 246 g/mol. The molecule has 1 aliphatic rings. The Morgan fingerprint density at radius 3 is 2.45 bits per heavy atom. The molecule has 0 saturated heterocycles. The maximum Gasteiger partial charge on any atom is 0.167 e. The minimum absolute atomic E-state index is 0.149. The van der Waals surface area contributed by atoms with Crippen molar-refractivity contribution in [3.8, 4) is 0 Å². The maximum atomic E-state index is 12.2. The average Bonchev–Trinajstić information content (AvgIpc) is 2.37. The lowest BCUT2D eigenvalue weighted by Crippen LogP contribution is -2.09. The molecule has 0 amide bonds. The van der Waals surface area contributed by atoms with Crippen LogP contribution >= 0.6 is 0 Å². The van der Waals surface area contributed by atoms with E-state index in [9.17, 15) is 4.79 Å². The van der Waals surface area contributed by atoms with Crippen LogP contribution in [0.1, 0.15) is 46.7 Å². The molecular formula is C18H19NO. The Balaban J connectivity index is 1.70. The van der Waals surface area contributed by atoms with Crippen LogP contribution < -0.4 is 5.73 Å². The van der Waals surface area contributed by atoms with Crippen LogP contribution in [-0.2, 0) is 6.42 Å². The molecule has 1 saturated carbocycles. The van der Waals surface area contributed by atoms with Gasteiger partial charge in [0, 0.05) is 17.7 Å². The zero-order valence-corrected chi connectivity index (χ0v) is 11.5. The second kappa shape index (κ2) is 5.49. The van der Waals surface area contributed by atoms with Crippen molar-refractivity contribution in [1.29, 1.82) is 0 Å². The Hall–Kier alpha value is -2.09. The molecule has 2 heteroatoms. The number of nitrogens with two attached hydrogens (primary N) is 1. The van der Waals surface area contributed by atoms with E-state index in [1.807, 2.05) is 36.4 Å². The highest BCUT2D eigenvalue weighted by Crippen LogP contribution is 2.36. The summed E-state index contributed by atoms with van der Waals surface area (Å²) in [5.41, 5.74) is 9.57. The summed E-state index contributed by atoms with van der Waals surface area (Å²) in [5, 5.41) is 0. The summed E-state index contributed by atoms with van der Waals surface area (Å²) in [4.78, 5) is 12.2. The fraction of sp³-hybridized carbons (Fsp3) is 0.278. The van der Waals surface area contributed by atoms with Crippen molar-refractivity contribution in [2.75, 3.05) is 5.73 Å². The van der Waals surface area contributed by atoms with E-state index in [2.05, 4.69) is 12.1 Å². The van der Waals surface area contributed by atoms with Gasteiger partial charge in [-0.05, 0) is 42.0 Å². The van der Waals surface area contributed by atoms with Crippen LogP contribution in [0.2, 0.25) is 0 Å². The third-order valence-electron chi connectivity index (χ3n) is 4.12. The predicted molar refractivity (Wildman–Crippen MR) is 81.9 cm³/mol. The summed E-state index contributed by atoms with van der Waals surface area (Å²) in [7, 11) is 0. The van der Waals surface area contributed by atoms with Crippen LogP contribution in [0, 0.1) is 0 Å². The van der Waals surface area contributed by atoms with Gasteiger partial charge in [-0.2, -0.15) is 0 Å². The van der Waals surface area contributed by atoms with E-state index in [1.165, 1.54) is 24.8 Å². The Morgan fingerprint density at radius 1 is 1.10 bits per heavy atom. The summed E-state index contributed by atoms with van der Waals surface area (Å²) in [6, 6.07) is 15.7. The van der Waals surface area contributed by atoms with Gasteiger partial charge in [-0.3, -0.25) is 4.79 Å². The Bertz CT molecular complexity index is 612. The molecule has 0 aromatic heterocycles. The van der Waals surface area contributed by atoms with Crippen LogP contribution in [0.4, 0.5) is 5.69 Å². The van der Waals surface area contributed by atoms with Gasteiger partial charge in [-0.15, -0.1) is 0 Å². The zero-order chi connectivity index (χ0) is 13.9.